The number of carbonyl (C=O) groups excluding carboxylic acids is 1. The topological polar surface area (TPSA) is 44.4 Å². The fourth-order valence-electron chi connectivity index (χ4n) is 3.92. The summed E-state index contributed by atoms with van der Waals surface area (Å²) in [6.07, 6.45) is 9.97. The average molecular weight is 326 g/mol. The van der Waals surface area contributed by atoms with Crippen molar-refractivity contribution in [3.05, 3.63) is 0 Å². The highest BCUT2D eigenvalue weighted by molar-refractivity contribution is 7.99. The second-order valence-corrected chi connectivity index (χ2v) is 8.56. The van der Waals surface area contributed by atoms with Gasteiger partial charge >= 0.3 is 6.03 Å². The van der Waals surface area contributed by atoms with E-state index < -0.39 is 0 Å². The number of nitrogens with one attached hydrogen (secondary N) is 2. The standard InChI is InChI=1S/C17H31N3OS/c1-2-22-16-6-4-3-5-15(16)19-17(21)18-13-9-11-20(12-10-13)14-7-8-14/h13-16H,2-12H2,1H3,(H2,18,19,21)/t15-,16-/m1/s1. The zero-order valence-electron chi connectivity index (χ0n) is 13.9. The number of nitrogens with zero attached hydrogens (tertiary/aromatic N) is 1. The molecule has 126 valence electrons. The van der Waals surface area contributed by atoms with Gasteiger partial charge in [0.1, 0.15) is 0 Å². The number of amides is 2. The van der Waals surface area contributed by atoms with Crippen LogP contribution < -0.4 is 10.6 Å². The number of carbonyl (C=O) groups is 1. The lowest BCUT2D eigenvalue weighted by Gasteiger charge is -2.34. The smallest absolute Gasteiger partial charge is 0.315 e. The molecular weight excluding hydrogens is 294 g/mol. The molecule has 4 nitrogen and oxygen atoms in total. The summed E-state index contributed by atoms with van der Waals surface area (Å²) in [5.41, 5.74) is 0. The minimum absolute atomic E-state index is 0.0680. The third-order valence-corrected chi connectivity index (χ3v) is 6.65. The number of thioether (sulfide) groups is 1. The molecule has 0 spiro atoms. The van der Waals surface area contributed by atoms with E-state index in [1.54, 1.807) is 0 Å². The Morgan fingerprint density at radius 2 is 1.77 bits per heavy atom. The number of piperidine rings is 1. The van der Waals surface area contributed by atoms with Gasteiger partial charge in [0.15, 0.2) is 0 Å². The van der Waals surface area contributed by atoms with Crippen molar-refractivity contribution in [2.75, 3.05) is 18.8 Å². The van der Waals surface area contributed by atoms with Crippen LogP contribution in [0.2, 0.25) is 0 Å². The fourth-order valence-corrected chi connectivity index (χ4v) is 5.12. The lowest BCUT2D eigenvalue weighted by Crippen LogP contribution is -2.52. The van der Waals surface area contributed by atoms with Crippen molar-refractivity contribution >= 4 is 17.8 Å². The van der Waals surface area contributed by atoms with Crippen LogP contribution in [0.1, 0.15) is 58.3 Å². The Bertz CT molecular complexity index is 365. The van der Waals surface area contributed by atoms with Crippen LogP contribution in [0, 0.1) is 0 Å². The maximum atomic E-state index is 12.3. The minimum Gasteiger partial charge on any atom is -0.335 e. The zero-order chi connectivity index (χ0) is 15.4. The van der Waals surface area contributed by atoms with Gasteiger partial charge in [0.25, 0.3) is 0 Å². The molecule has 2 saturated carbocycles. The van der Waals surface area contributed by atoms with Crippen molar-refractivity contribution < 1.29 is 4.79 Å². The molecule has 0 bridgehead atoms. The molecule has 1 saturated heterocycles. The number of rotatable bonds is 5. The second kappa shape index (κ2) is 7.91. The summed E-state index contributed by atoms with van der Waals surface area (Å²) in [6, 6.07) is 1.67. The molecule has 2 aliphatic carbocycles. The third-order valence-electron chi connectivity index (χ3n) is 5.33. The van der Waals surface area contributed by atoms with Crippen molar-refractivity contribution in [2.24, 2.45) is 0 Å². The molecule has 22 heavy (non-hydrogen) atoms. The summed E-state index contributed by atoms with van der Waals surface area (Å²) in [4.78, 5) is 14.9. The van der Waals surface area contributed by atoms with Crippen LogP contribution in [0.5, 0.6) is 0 Å². The summed E-state index contributed by atoms with van der Waals surface area (Å²) < 4.78 is 0. The molecule has 0 unspecified atom stereocenters. The van der Waals surface area contributed by atoms with E-state index >= 15 is 0 Å². The van der Waals surface area contributed by atoms with Crippen LogP contribution in [-0.4, -0.2) is 53.1 Å². The van der Waals surface area contributed by atoms with Gasteiger partial charge in [-0.1, -0.05) is 19.8 Å². The minimum atomic E-state index is 0.0680. The quantitative estimate of drug-likeness (QED) is 0.817. The SMILES string of the molecule is CCS[C@@H]1CCCC[C@H]1NC(=O)NC1CCN(C2CC2)CC1. The van der Waals surface area contributed by atoms with Crippen molar-refractivity contribution in [2.45, 2.75) is 81.7 Å². The molecule has 0 aromatic carbocycles. The molecule has 1 heterocycles. The first-order valence-electron chi connectivity index (χ1n) is 9.19. The highest BCUT2D eigenvalue weighted by atomic mass is 32.2. The predicted molar refractivity (Wildman–Crippen MR) is 93.5 cm³/mol. The molecule has 0 aromatic heterocycles. The number of hydrogen-bond acceptors (Lipinski definition) is 3. The van der Waals surface area contributed by atoms with Crippen LogP contribution in [0.25, 0.3) is 0 Å². The molecule has 0 radical (unpaired) electrons. The van der Waals surface area contributed by atoms with Crippen LogP contribution in [0.3, 0.4) is 0 Å². The molecule has 2 amide bonds. The Kier molecular flexibility index (Phi) is 5.91. The molecule has 0 aromatic rings. The maximum Gasteiger partial charge on any atom is 0.315 e. The maximum absolute atomic E-state index is 12.3. The number of likely N-dealkylation sites (tertiary alicyclic amines) is 1. The first kappa shape index (κ1) is 16.4. The first-order valence-corrected chi connectivity index (χ1v) is 10.2. The van der Waals surface area contributed by atoms with Crippen LogP contribution in [-0.2, 0) is 0 Å². The van der Waals surface area contributed by atoms with Gasteiger partial charge in [-0.2, -0.15) is 11.8 Å². The highest BCUT2D eigenvalue weighted by Crippen LogP contribution is 2.30. The summed E-state index contributed by atoms with van der Waals surface area (Å²) in [5, 5.41) is 7.10. The normalized spacial score (nSPS) is 31.0. The van der Waals surface area contributed by atoms with Crippen molar-refractivity contribution in [1.82, 2.24) is 15.5 Å². The molecule has 5 heteroatoms. The van der Waals surface area contributed by atoms with Gasteiger partial charge in [-0.3, -0.25) is 0 Å². The van der Waals surface area contributed by atoms with Gasteiger partial charge in [0.05, 0.1) is 0 Å². The van der Waals surface area contributed by atoms with E-state index in [0.29, 0.717) is 17.3 Å². The molecule has 2 atom stereocenters. The Hall–Kier alpha value is -0.420. The van der Waals surface area contributed by atoms with Gasteiger partial charge in [-0.15, -0.1) is 0 Å². The van der Waals surface area contributed by atoms with Crippen molar-refractivity contribution in [3.63, 3.8) is 0 Å². The molecular formula is C17H31N3OS. The summed E-state index contributed by atoms with van der Waals surface area (Å²) in [5.74, 6) is 1.14. The number of urea groups is 1. The van der Waals surface area contributed by atoms with E-state index in [2.05, 4.69) is 22.5 Å². The van der Waals surface area contributed by atoms with E-state index in [0.717, 1.165) is 44.1 Å². The van der Waals surface area contributed by atoms with E-state index in [1.807, 2.05) is 11.8 Å². The molecule has 3 aliphatic rings. The predicted octanol–water partition coefficient (Wildman–Crippen LogP) is 2.98. The lowest BCUT2D eigenvalue weighted by atomic mass is 9.95. The summed E-state index contributed by atoms with van der Waals surface area (Å²) >= 11 is 2.01. The zero-order valence-corrected chi connectivity index (χ0v) is 14.7. The molecule has 2 N–H and O–H groups in total. The highest BCUT2D eigenvalue weighted by Gasteiger charge is 2.32. The van der Waals surface area contributed by atoms with Gasteiger partial charge in [0.2, 0.25) is 0 Å². The molecule has 3 fully saturated rings. The summed E-state index contributed by atoms with van der Waals surface area (Å²) in [7, 11) is 0. The van der Waals surface area contributed by atoms with Crippen LogP contribution in [0.4, 0.5) is 4.79 Å². The first-order chi connectivity index (χ1) is 10.8. The fraction of sp³-hybridized carbons (Fsp3) is 0.941. The average Bonchev–Trinajstić information content (AvgIpc) is 3.35. The van der Waals surface area contributed by atoms with Gasteiger partial charge < -0.3 is 15.5 Å². The van der Waals surface area contributed by atoms with Crippen molar-refractivity contribution in [1.29, 1.82) is 0 Å². The van der Waals surface area contributed by atoms with Crippen molar-refractivity contribution in [3.8, 4) is 0 Å². The molecule has 3 rings (SSSR count). The molecule has 1 aliphatic heterocycles. The Labute approximate surface area is 139 Å². The Balaban J connectivity index is 1.39. The van der Waals surface area contributed by atoms with Crippen LogP contribution in [0.15, 0.2) is 0 Å². The monoisotopic (exact) mass is 325 g/mol. The van der Waals surface area contributed by atoms with Gasteiger partial charge in [-0.25, -0.2) is 4.79 Å². The van der Waals surface area contributed by atoms with E-state index in [-0.39, 0.29) is 6.03 Å². The van der Waals surface area contributed by atoms with Gasteiger partial charge in [-0.05, 0) is 44.3 Å². The van der Waals surface area contributed by atoms with E-state index in [4.69, 9.17) is 0 Å². The number of hydrogen-bond donors (Lipinski definition) is 2. The third kappa shape index (κ3) is 4.54. The largest absolute Gasteiger partial charge is 0.335 e. The Morgan fingerprint density at radius 1 is 1.05 bits per heavy atom. The van der Waals surface area contributed by atoms with Crippen LogP contribution >= 0.6 is 11.8 Å². The van der Waals surface area contributed by atoms with E-state index in [9.17, 15) is 4.79 Å². The lowest BCUT2D eigenvalue weighted by molar-refractivity contribution is 0.184. The summed E-state index contributed by atoms with van der Waals surface area (Å²) in [6.45, 7) is 4.53. The van der Waals surface area contributed by atoms with Gasteiger partial charge in [0, 0.05) is 36.5 Å². The Morgan fingerprint density at radius 3 is 2.45 bits per heavy atom. The second-order valence-electron chi connectivity index (χ2n) is 7.04. The van der Waals surface area contributed by atoms with E-state index in [1.165, 1.54) is 32.1 Å².